The molecule has 3 aliphatic rings. The molecule has 1 saturated heterocycles. The summed E-state index contributed by atoms with van der Waals surface area (Å²) in [6.45, 7) is 5.09. The minimum Gasteiger partial charge on any atom is -0.355 e. The van der Waals surface area contributed by atoms with Crippen molar-refractivity contribution < 1.29 is 4.79 Å². The first-order valence-corrected chi connectivity index (χ1v) is 12.7. The number of fused-ring (bicyclic) bond motifs is 1. The van der Waals surface area contributed by atoms with Gasteiger partial charge >= 0.3 is 0 Å². The summed E-state index contributed by atoms with van der Waals surface area (Å²) in [5.74, 6) is 2.23. The Morgan fingerprint density at radius 1 is 1.16 bits per heavy atom. The first kappa shape index (κ1) is 22.0. The van der Waals surface area contributed by atoms with Crippen molar-refractivity contribution in [3.05, 3.63) is 34.9 Å². The van der Waals surface area contributed by atoms with E-state index in [2.05, 4.69) is 35.2 Å². The SMILES string of the molecule is CC1CCCC(CNC(=O)c2c(Cl)ccc3nc(N4CCC(N(C)C5CC5)C4)ccc23)C1. The van der Waals surface area contributed by atoms with Gasteiger partial charge in [-0.25, -0.2) is 4.98 Å². The van der Waals surface area contributed by atoms with Crippen LogP contribution >= 0.6 is 11.6 Å². The van der Waals surface area contributed by atoms with E-state index in [9.17, 15) is 4.79 Å². The Hall–Kier alpha value is -1.85. The highest BCUT2D eigenvalue weighted by Crippen LogP contribution is 2.33. The fourth-order valence-corrected chi connectivity index (χ4v) is 5.96. The van der Waals surface area contributed by atoms with Crippen LogP contribution in [0.2, 0.25) is 5.02 Å². The molecule has 1 aromatic heterocycles. The molecule has 3 fully saturated rings. The number of carbonyl (C=O) groups excluding carboxylic acids is 1. The molecule has 1 aliphatic heterocycles. The van der Waals surface area contributed by atoms with Crippen LogP contribution in [0.4, 0.5) is 5.82 Å². The van der Waals surface area contributed by atoms with E-state index in [1.807, 2.05) is 18.2 Å². The van der Waals surface area contributed by atoms with Gasteiger partial charge in [-0.2, -0.15) is 0 Å². The van der Waals surface area contributed by atoms with Crippen LogP contribution in [-0.2, 0) is 0 Å². The van der Waals surface area contributed by atoms with E-state index in [0.29, 0.717) is 22.5 Å². The van der Waals surface area contributed by atoms with E-state index in [1.165, 1.54) is 44.9 Å². The Bertz CT molecular complexity index is 991. The first-order valence-electron chi connectivity index (χ1n) is 12.3. The number of pyridine rings is 1. The third-order valence-corrected chi connectivity index (χ3v) is 8.13. The minimum absolute atomic E-state index is 0.0827. The van der Waals surface area contributed by atoms with Gasteiger partial charge in [0.1, 0.15) is 5.82 Å². The van der Waals surface area contributed by atoms with Crippen LogP contribution in [0, 0.1) is 11.8 Å². The average Bonchev–Trinajstić information content (AvgIpc) is 3.53. The van der Waals surface area contributed by atoms with Crippen LogP contribution in [-0.4, -0.2) is 54.6 Å². The lowest BCUT2D eigenvalue weighted by molar-refractivity contribution is 0.0942. The van der Waals surface area contributed by atoms with Gasteiger partial charge < -0.3 is 10.2 Å². The Morgan fingerprint density at radius 3 is 2.78 bits per heavy atom. The van der Waals surface area contributed by atoms with E-state index < -0.39 is 0 Å². The summed E-state index contributed by atoms with van der Waals surface area (Å²) in [6.07, 6.45) is 8.83. The Labute approximate surface area is 196 Å². The molecule has 5 nitrogen and oxygen atoms in total. The van der Waals surface area contributed by atoms with Gasteiger partial charge in [-0.15, -0.1) is 0 Å². The summed E-state index contributed by atoms with van der Waals surface area (Å²) >= 11 is 6.49. The van der Waals surface area contributed by atoms with E-state index in [-0.39, 0.29) is 5.91 Å². The maximum absolute atomic E-state index is 13.1. The monoisotopic (exact) mass is 454 g/mol. The molecule has 2 aromatic rings. The molecular formula is C26H35ClN4O. The summed E-state index contributed by atoms with van der Waals surface area (Å²) in [5, 5.41) is 4.49. The van der Waals surface area contributed by atoms with Gasteiger partial charge in [-0.1, -0.05) is 31.4 Å². The van der Waals surface area contributed by atoms with Gasteiger partial charge in [-0.3, -0.25) is 9.69 Å². The first-order chi connectivity index (χ1) is 15.5. The van der Waals surface area contributed by atoms with Crippen LogP contribution in [0.5, 0.6) is 0 Å². The highest BCUT2D eigenvalue weighted by atomic mass is 35.5. The molecule has 2 heterocycles. The third-order valence-electron chi connectivity index (χ3n) is 7.82. The van der Waals surface area contributed by atoms with E-state index in [1.54, 1.807) is 0 Å². The zero-order chi connectivity index (χ0) is 22.2. The van der Waals surface area contributed by atoms with E-state index >= 15 is 0 Å². The molecular weight excluding hydrogens is 420 g/mol. The van der Waals surface area contributed by atoms with Crippen LogP contribution in [0.25, 0.3) is 10.9 Å². The van der Waals surface area contributed by atoms with Gasteiger partial charge in [0.25, 0.3) is 5.91 Å². The van der Waals surface area contributed by atoms with Crippen LogP contribution in [0.15, 0.2) is 24.3 Å². The second-order valence-corrected chi connectivity index (χ2v) is 10.7. The largest absolute Gasteiger partial charge is 0.355 e. The molecule has 2 saturated carbocycles. The second-order valence-electron chi connectivity index (χ2n) is 10.3. The molecule has 1 aromatic carbocycles. The molecule has 6 heteroatoms. The maximum atomic E-state index is 13.1. The van der Waals surface area contributed by atoms with Crippen molar-refractivity contribution in [1.29, 1.82) is 0 Å². The number of amides is 1. The molecule has 0 bridgehead atoms. The molecule has 0 radical (unpaired) electrons. The molecule has 5 rings (SSSR count). The molecule has 0 spiro atoms. The topological polar surface area (TPSA) is 48.5 Å². The number of benzene rings is 1. The predicted octanol–water partition coefficient (Wildman–Crippen LogP) is 5.12. The zero-order valence-electron chi connectivity index (χ0n) is 19.3. The molecule has 2 aliphatic carbocycles. The molecule has 1 amide bonds. The fourth-order valence-electron chi connectivity index (χ4n) is 5.71. The normalized spacial score (nSPS) is 26.1. The number of carbonyl (C=O) groups is 1. The lowest BCUT2D eigenvalue weighted by Gasteiger charge is -2.27. The summed E-state index contributed by atoms with van der Waals surface area (Å²) < 4.78 is 0. The lowest BCUT2D eigenvalue weighted by Crippen LogP contribution is -2.36. The highest BCUT2D eigenvalue weighted by Gasteiger charge is 2.35. The van der Waals surface area contributed by atoms with Crippen molar-refractivity contribution in [2.75, 3.05) is 31.6 Å². The number of aromatic nitrogens is 1. The van der Waals surface area contributed by atoms with Crippen molar-refractivity contribution in [2.24, 2.45) is 11.8 Å². The predicted molar refractivity (Wildman–Crippen MR) is 132 cm³/mol. The number of nitrogens with zero attached hydrogens (tertiary/aromatic N) is 3. The summed E-state index contributed by atoms with van der Waals surface area (Å²) in [5.41, 5.74) is 1.39. The van der Waals surface area contributed by atoms with E-state index in [0.717, 1.165) is 48.3 Å². The Kier molecular flexibility index (Phi) is 6.31. The zero-order valence-corrected chi connectivity index (χ0v) is 20.1. The summed E-state index contributed by atoms with van der Waals surface area (Å²) in [6, 6.07) is 9.21. The third kappa shape index (κ3) is 4.60. The molecule has 3 unspecified atom stereocenters. The lowest BCUT2D eigenvalue weighted by atomic mass is 9.82. The number of hydrogen-bond acceptors (Lipinski definition) is 4. The number of nitrogens with one attached hydrogen (secondary N) is 1. The highest BCUT2D eigenvalue weighted by molar-refractivity contribution is 6.35. The number of likely N-dealkylation sites (N-methyl/N-ethyl adjacent to an activating group) is 1. The molecule has 1 N–H and O–H groups in total. The van der Waals surface area contributed by atoms with Crippen molar-refractivity contribution in [3.63, 3.8) is 0 Å². The summed E-state index contributed by atoms with van der Waals surface area (Å²) in [4.78, 5) is 22.9. The Morgan fingerprint density at radius 2 is 2.00 bits per heavy atom. The van der Waals surface area contributed by atoms with Crippen molar-refractivity contribution >= 4 is 34.2 Å². The minimum atomic E-state index is -0.0827. The fraction of sp³-hybridized carbons (Fsp3) is 0.615. The summed E-state index contributed by atoms with van der Waals surface area (Å²) in [7, 11) is 2.26. The van der Waals surface area contributed by atoms with Crippen LogP contribution in [0.1, 0.15) is 62.2 Å². The van der Waals surface area contributed by atoms with Gasteiger partial charge in [0, 0.05) is 37.1 Å². The van der Waals surface area contributed by atoms with Gasteiger partial charge in [0.05, 0.1) is 16.1 Å². The molecule has 3 atom stereocenters. The standard InChI is InChI=1S/C26H35ClN4O/c1-17-4-3-5-18(14-17)15-28-26(32)25-21-8-11-24(29-23(21)10-9-22(25)27)31-13-12-20(16-31)30(2)19-6-7-19/h8-11,17-20H,3-7,12-16H2,1-2H3,(H,28,32). The number of anilines is 1. The quantitative estimate of drug-likeness (QED) is 0.658. The molecule has 32 heavy (non-hydrogen) atoms. The van der Waals surface area contributed by atoms with Crippen molar-refractivity contribution in [3.8, 4) is 0 Å². The number of halogens is 1. The van der Waals surface area contributed by atoms with Gasteiger partial charge in [-0.05, 0) is 75.3 Å². The smallest absolute Gasteiger partial charge is 0.253 e. The van der Waals surface area contributed by atoms with E-state index in [4.69, 9.17) is 16.6 Å². The second kappa shape index (κ2) is 9.18. The van der Waals surface area contributed by atoms with Crippen LogP contribution in [0.3, 0.4) is 0 Å². The van der Waals surface area contributed by atoms with Crippen molar-refractivity contribution in [1.82, 2.24) is 15.2 Å². The van der Waals surface area contributed by atoms with Gasteiger partial charge in [0.2, 0.25) is 0 Å². The maximum Gasteiger partial charge on any atom is 0.253 e. The van der Waals surface area contributed by atoms with Crippen molar-refractivity contribution in [2.45, 2.75) is 64.0 Å². The molecule has 172 valence electrons. The number of hydrogen-bond donors (Lipinski definition) is 1. The average molecular weight is 455 g/mol. The Balaban J connectivity index is 1.30. The van der Waals surface area contributed by atoms with Gasteiger partial charge in [0.15, 0.2) is 0 Å². The number of rotatable bonds is 6. The van der Waals surface area contributed by atoms with Crippen LogP contribution < -0.4 is 10.2 Å².